The number of carbonyl (C=O) groups is 1. The first-order valence-electron chi connectivity index (χ1n) is 9.42. The largest absolute Gasteiger partial charge is 0.505 e. The van der Waals surface area contributed by atoms with Gasteiger partial charge in [0.2, 0.25) is 10.0 Å². The molecule has 0 saturated carbocycles. The van der Waals surface area contributed by atoms with Gasteiger partial charge in [-0.05, 0) is 38.0 Å². The van der Waals surface area contributed by atoms with Crippen molar-refractivity contribution in [1.29, 1.82) is 0 Å². The van der Waals surface area contributed by atoms with Crippen molar-refractivity contribution >= 4 is 35.6 Å². The highest BCUT2D eigenvalue weighted by molar-refractivity contribution is 7.89. The average Bonchev–Trinajstić information content (AvgIpc) is 3.28. The third-order valence-electron chi connectivity index (χ3n) is 4.74. The number of sulfonamides is 1. The zero-order chi connectivity index (χ0) is 23.5. The van der Waals surface area contributed by atoms with E-state index >= 15 is 0 Å². The molecule has 0 aliphatic carbocycles. The number of azo groups is 1. The highest BCUT2D eigenvalue weighted by Gasteiger charge is 2.27. The molecule has 3 rings (SSSR count). The minimum atomic E-state index is -4.89. The fourth-order valence-electron chi connectivity index (χ4n) is 3.13. The van der Waals surface area contributed by atoms with Crippen LogP contribution in [0.4, 0.5) is 11.5 Å². The van der Waals surface area contributed by atoms with Gasteiger partial charge in [0.25, 0.3) is 0 Å². The van der Waals surface area contributed by atoms with Crippen molar-refractivity contribution in [3.63, 3.8) is 0 Å². The predicted octanol–water partition coefficient (Wildman–Crippen LogP) is 2.72. The molecule has 0 radical (unpaired) electrons. The molecule has 2 heterocycles. The molecule has 1 aromatic carbocycles. The molecule has 0 unspecified atom stereocenters. The lowest BCUT2D eigenvalue weighted by atomic mass is 10.1. The summed E-state index contributed by atoms with van der Waals surface area (Å²) >= 11 is 0. The van der Waals surface area contributed by atoms with Gasteiger partial charge in [-0.2, -0.15) is 4.31 Å². The fourth-order valence-corrected chi connectivity index (χ4v) is 4.98. The maximum Gasteiger partial charge on any atom is 0.469 e. The maximum atomic E-state index is 12.7. The Bertz CT molecular complexity index is 1210. The Morgan fingerprint density at radius 1 is 1.25 bits per heavy atom. The second kappa shape index (κ2) is 9.53. The van der Waals surface area contributed by atoms with Crippen LogP contribution in [0.2, 0.25) is 0 Å². The summed E-state index contributed by atoms with van der Waals surface area (Å²) in [6, 6.07) is 5.78. The van der Waals surface area contributed by atoms with Gasteiger partial charge >= 0.3 is 7.82 Å². The number of hydrogen-bond donors (Lipinski definition) is 3. The van der Waals surface area contributed by atoms with E-state index in [2.05, 4.69) is 19.7 Å². The number of hydrogen-bond acceptors (Lipinski definition) is 9. The molecule has 1 fully saturated rings. The van der Waals surface area contributed by atoms with Crippen LogP contribution in [0.15, 0.2) is 39.4 Å². The summed E-state index contributed by atoms with van der Waals surface area (Å²) in [4.78, 5) is 33.4. The summed E-state index contributed by atoms with van der Waals surface area (Å²) in [6.07, 6.45) is 1.87. The average molecular weight is 484 g/mol. The smallest absolute Gasteiger partial charge is 0.469 e. The second-order valence-corrected chi connectivity index (χ2v) is 10.1. The van der Waals surface area contributed by atoms with E-state index in [0.717, 1.165) is 12.8 Å². The van der Waals surface area contributed by atoms with Crippen LogP contribution in [-0.4, -0.2) is 52.0 Å². The molecule has 3 N–H and O–H groups in total. The first-order valence-corrected chi connectivity index (χ1v) is 12.4. The summed E-state index contributed by atoms with van der Waals surface area (Å²) in [5.74, 6) is -0.703. The summed E-state index contributed by atoms with van der Waals surface area (Å²) in [6.45, 7) is 1.53. The Kier molecular flexibility index (Phi) is 7.18. The SMILES string of the molecule is Cc1nc(N=Nc2cccc(S(=O)(=O)N3CCCC3)c2)c(COP(=O)(O)O)c(C=O)c1O. The van der Waals surface area contributed by atoms with Crippen molar-refractivity contribution in [3.8, 4) is 5.75 Å². The van der Waals surface area contributed by atoms with Crippen LogP contribution in [0, 0.1) is 6.92 Å². The van der Waals surface area contributed by atoms with Gasteiger partial charge in [-0.3, -0.25) is 9.32 Å². The van der Waals surface area contributed by atoms with Crippen LogP contribution in [0.5, 0.6) is 5.75 Å². The number of aromatic nitrogens is 1. The number of aldehydes is 1. The zero-order valence-electron chi connectivity index (χ0n) is 16.9. The van der Waals surface area contributed by atoms with E-state index in [9.17, 15) is 22.9 Å². The molecular formula is C18H21N4O8PS. The van der Waals surface area contributed by atoms with Crippen molar-refractivity contribution < 1.29 is 37.2 Å². The standard InChI is InChI=1S/C18H21N4O8PS/c1-12-17(24)15(10-23)16(11-30-31(25,26)27)18(19-12)21-20-13-5-4-6-14(9-13)32(28,29)22-7-2-3-8-22/h4-6,9-10,24H,2-3,7-8,11H2,1H3,(H2,25,26,27). The van der Waals surface area contributed by atoms with Crippen LogP contribution in [0.3, 0.4) is 0 Å². The maximum absolute atomic E-state index is 12.7. The predicted molar refractivity (Wildman–Crippen MR) is 111 cm³/mol. The third-order valence-corrected chi connectivity index (χ3v) is 7.10. The lowest BCUT2D eigenvalue weighted by molar-refractivity contribution is 0.111. The molecule has 32 heavy (non-hydrogen) atoms. The van der Waals surface area contributed by atoms with Crippen LogP contribution in [0.1, 0.15) is 34.5 Å². The molecule has 1 saturated heterocycles. The van der Waals surface area contributed by atoms with Gasteiger partial charge in [0, 0.05) is 18.7 Å². The molecule has 0 spiro atoms. The molecule has 1 aliphatic heterocycles. The summed E-state index contributed by atoms with van der Waals surface area (Å²) in [5.41, 5.74) is -0.278. The van der Waals surface area contributed by atoms with Crippen molar-refractivity contribution in [2.45, 2.75) is 31.3 Å². The van der Waals surface area contributed by atoms with E-state index in [1.165, 1.54) is 35.5 Å². The Labute approximate surface area is 183 Å². The van der Waals surface area contributed by atoms with Gasteiger partial charge in [0.1, 0.15) is 5.75 Å². The number of phosphoric ester groups is 1. The van der Waals surface area contributed by atoms with Gasteiger partial charge < -0.3 is 14.9 Å². The molecule has 1 aromatic heterocycles. The van der Waals surface area contributed by atoms with Crippen LogP contribution in [-0.2, 0) is 25.7 Å². The van der Waals surface area contributed by atoms with Gasteiger partial charge in [-0.15, -0.1) is 10.2 Å². The number of nitrogens with zero attached hydrogens (tertiary/aromatic N) is 4. The van der Waals surface area contributed by atoms with Crippen molar-refractivity contribution in [2.75, 3.05) is 13.1 Å². The Morgan fingerprint density at radius 3 is 2.56 bits per heavy atom. The van der Waals surface area contributed by atoms with E-state index in [1.54, 1.807) is 0 Å². The molecule has 14 heteroatoms. The number of phosphoric acid groups is 1. The van der Waals surface area contributed by atoms with Crippen LogP contribution in [0.25, 0.3) is 0 Å². The normalized spacial score (nSPS) is 15.5. The fraction of sp³-hybridized carbons (Fsp3) is 0.333. The Balaban J connectivity index is 1.98. The number of carbonyl (C=O) groups excluding carboxylic acids is 1. The van der Waals surface area contributed by atoms with Gasteiger partial charge in [-0.25, -0.2) is 18.0 Å². The summed E-state index contributed by atoms with van der Waals surface area (Å²) in [5, 5.41) is 17.9. The minimum Gasteiger partial charge on any atom is -0.505 e. The van der Waals surface area contributed by atoms with Gasteiger partial charge in [-0.1, -0.05) is 6.07 Å². The van der Waals surface area contributed by atoms with E-state index < -0.39 is 30.2 Å². The van der Waals surface area contributed by atoms with E-state index in [4.69, 9.17) is 9.79 Å². The number of aromatic hydroxyl groups is 1. The lowest BCUT2D eigenvalue weighted by Crippen LogP contribution is -2.27. The minimum absolute atomic E-state index is 0.0336. The summed E-state index contributed by atoms with van der Waals surface area (Å²) in [7, 11) is -8.56. The van der Waals surface area contributed by atoms with Crippen LogP contribution >= 0.6 is 7.82 Å². The third kappa shape index (κ3) is 5.44. The molecule has 1 aliphatic rings. The number of benzene rings is 1. The quantitative estimate of drug-likeness (QED) is 0.288. The molecule has 0 amide bonds. The summed E-state index contributed by atoms with van der Waals surface area (Å²) < 4.78 is 42.4. The molecule has 0 bridgehead atoms. The van der Waals surface area contributed by atoms with Crippen molar-refractivity contribution in [1.82, 2.24) is 9.29 Å². The first kappa shape index (κ1) is 24.1. The Morgan fingerprint density at radius 2 is 1.94 bits per heavy atom. The number of aryl methyl sites for hydroxylation is 1. The second-order valence-electron chi connectivity index (χ2n) is 6.95. The topological polar surface area (TPSA) is 179 Å². The highest BCUT2D eigenvalue weighted by atomic mass is 32.2. The number of rotatable bonds is 8. The van der Waals surface area contributed by atoms with E-state index in [-0.39, 0.29) is 39.5 Å². The zero-order valence-corrected chi connectivity index (χ0v) is 18.7. The lowest BCUT2D eigenvalue weighted by Gasteiger charge is -2.15. The van der Waals surface area contributed by atoms with E-state index in [1.807, 2.05) is 0 Å². The number of pyridine rings is 1. The van der Waals surface area contributed by atoms with Gasteiger partial charge in [0.15, 0.2) is 12.1 Å². The Hall–Kier alpha value is -2.54. The molecule has 0 atom stereocenters. The molecular weight excluding hydrogens is 463 g/mol. The molecule has 12 nitrogen and oxygen atoms in total. The van der Waals surface area contributed by atoms with E-state index in [0.29, 0.717) is 13.1 Å². The van der Waals surface area contributed by atoms with Crippen LogP contribution < -0.4 is 0 Å². The highest BCUT2D eigenvalue weighted by Crippen LogP contribution is 2.40. The monoisotopic (exact) mass is 484 g/mol. The first-order chi connectivity index (χ1) is 15.0. The van der Waals surface area contributed by atoms with Crippen molar-refractivity contribution in [3.05, 3.63) is 41.1 Å². The van der Waals surface area contributed by atoms with Gasteiger partial charge in [0.05, 0.1) is 28.4 Å². The molecule has 172 valence electrons. The van der Waals surface area contributed by atoms with Crippen molar-refractivity contribution in [2.24, 2.45) is 10.2 Å². The molecule has 2 aromatic rings.